The number of aromatic nitrogens is 1. The third kappa shape index (κ3) is 3.10. The Kier molecular flexibility index (Phi) is 4.27. The fourth-order valence-corrected chi connectivity index (χ4v) is 2.42. The number of nitriles is 1. The highest BCUT2D eigenvalue weighted by Crippen LogP contribution is 2.24. The smallest absolute Gasteiger partial charge is 0.289 e. The summed E-state index contributed by atoms with van der Waals surface area (Å²) < 4.78 is 0. The fourth-order valence-electron chi connectivity index (χ4n) is 1.72. The van der Waals surface area contributed by atoms with Crippen LogP contribution in [-0.2, 0) is 0 Å². The van der Waals surface area contributed by atoms with Crippen LogP contribution in [0.4, 0.5) is 11.4 Å². The largest absolute Gasteiger partial charge is 0.384 e. The zero-order chi connectivity index (χ0) is 14.5. The molecule has 0 saturated heterocycles. The van der Waals surface area contributed by atoms with Crippen LogP contribution in [0.2, 0.25) is 0 Å². The van der Waals surface area contributed by atoms with Crippen LogP contribution in [0, 0.1) is 21.4 Å². The minimum atomic E-state index is -0.548. The molecule has 1 aromatic heterocycles. The molecule has 1 unspecified atom stereocenters. The van der Waals surface area contributed by atoms with E-state index < -0.39 is 4.92 Å². The van der Waals surface area contributed by atoms with Crippen LogP contribution in [0.5, 0.6) is 0 Å². The van der Waals surface area contributed by atoms with Gasteiger partial charge < -0.3 is 5.32 Å². The van der Waals surface area contributed by atoms with Gasteiger partial charge in [0.2, 0.25) is 0 Å². The van der Waals surface area contributed by atoms with Gasteiger partial charge in [-0.1, -0.05) is 6.92 Å². The number of nitro groups is 1. The van der Waals surface area contributed by atoms with Gasteiger partial charge in [-0.2, -0.15) is 5.26 Å². The fraction of sp³-hybridized carbons (Fsp3) is 0.231. The number of hydrogen-bond donors (Lipinski definition) is 1. The molecular weight excluding hydrogens is 276 g/mol. The van der Waals surface area contributed by atoms with Crippen LogP contribution in [0.3, 0.4) is 0 Å². The minimum Gasteiger partial charge on any atom is -0.384 e. The molecule has 0 bridgehead atoms. The maximum absolute atomic E-state index is 10.9. The summed E-state index contributed by atoms with van der Waals surface area (Å²) in [6, 6.07) is 6.32. The molecule has 0 fully saturated rings. The molecule has 0 radical (unpaired) electrons. The van der Waals surface area contributed by atoms with Crippen molar-refractivity contribution >= 4 is 22.7 Å². The van der Waals surface area contributed by atoms with Gasteiger partial charge in [-0.05, 0) is 12.1 Å². The van der Waals surface area contributed by atoms with E-state index >= 15 is 0 Å². The lowest BCUT2D eigenvalue weighted by Gasteiger charge is -2.11. The summed E-state index contributed by atoms with van der Waals surface area (Å²) in [5.41, 5.74) is 0.507. The molecule has 1 aromatic carbocycles. The first kappa shape index (κ1) is 14.0. The molecule has 2 rings (SSSR count). The van der Waals surface area contributed by atoms with E-state index in [0.717, 1.165) is 5.01 Å². The van der Waals surface area contributed by atoms with Crippen molar-refractivity contribution in [2.45, 2.75) is 12.8 Å². The van der Waals surface area contributed by atoms with Crippen LogP contribution in [-0.4, -0.2) is 16.5 Å². The van der Waals surface area contributed by atoms with Crippen molar-refractivity contribution in [2.24, 2.45) is 0 Å². The zero-order valence-electron chi connectivity index (χ0n) is 10.7. The summed E-state index contributed by atoms with van der Waals surface area (Å²) >= 11 is 1.58. The first-order valence-electron chi connectivity index (χ1n) is 5.93. The van der Waals surface area contributed by atoms with Crippen molar-refractivity contribution in [3.63, 3.8) is 0 Å². The van der Waals surface area contributed by atoms with Crippen LogP contribution in [0.1, 0.15) is 23.4 Å². The molecule has 102 valence electrons. The summed E-state index contributed by atoms with van der Waals surface area (Å²) in [6.45, 7) is 2.65. The maximum atomic E-state index is 10.9. The van der Waals surface area contributed by atoms with Crippen molar-refractivity contribution in [3.05, 3.63) is 50.5 Å². The number of rotatable bonds is 5. The Bertz CT molecular complexity index is 649. The van der Waals surface area contributed by atoms with Crippen molar-refractivity contribution in [1.82, 2.24) is 4.98 Å². The van der Waals surface area contributed by atoms with Crippen LogP contribution in [0.15, 0.2) is 29.8 Å². The van der Waals surface area contributed by atoms with E-state index in [0.29, 0.717) is 12.2 Å². The van der Waals surface area contributed by atoms with Crippen molar-refractivity contribution < 1.29 is 4.92 Å². The SMILES string of the molecule is CC(CNc1ccc(C#N)c([N+](=O)[O-])c1)c1nccs1. The zero-order valence-corrected chi connectivity index (χ0v) is 11.6. The molecule has 1 N–H and O–H groups in total. The molecule has 20 heavy (non-hydrogen) atoms. The van der Waals surface area contributed by atoms with Gasteiger partial charge in [0, 0.05) is 35.8 Å². The quantitative estimate of drug-likeness (QED) is 0.674. The molecule has 0 aliphatic carbocycles. The number of nitrogens with zero attached hydrogens (tertiary/aromatic N) is 3. The Morgan fingerprint density at radius 1 is 1.60 bits per heavy atom. The maximum Gasteiger partial charge on any atom is 0.289 e. The highest BCUT2D eigenvalue weighted by Gasteiger charge is 2.15. The van der Waals surface area contributed by atoms with Gasteiger partial charge in [0.25, 0.3) is 5.69 Å². The summed E-state index contributed by atoms with van der Waals surface area (Å²) in [7, 11) is 0. The van der Waals surface area contributed by atoms with Crippen LogP contribution in [0.25, 0.3) is 0 Å². The molecule has 6 nitrogen and oxygen atoms in total. The van der Waals surface area contributed by atoms with Gasteiger partial charge in [0.15, 0.2) is 0 Å². The third-order valence-corrected chi connectivity index (χ3v) is 3.81. The van der Waals surface area contributed by atoms with E-state index in [1.54, 1.807) is 23.6 Å². The van der Waals surface area contributed by atoms with Gasteiger partial charge in [-0.15, -0.1) is 11.3 Å². The Morgan fingerprint density at radius 3 is 3.00 bits per heavy atom. The second kappa shape index (κ2) is 6.12. The van der Waals surface area contributed by atoms with E-state index in [4.69, 9.17) is 5.26 Å². The predicted molar refractivity (Wildman–Crippen MR) is 76.8 cm³/mol. The van der Waals surface area contributed by atoms with Gasteiger partial charge >= 0.3 is 0 Å². The van der Waals surface area contributed by atoms with E-state index in [9.17, 15) is 10.1 Å². The van der Waals surface area contributed by atoms with Gasteiger partial charge in [0.05, 0.1) is 9.93 Å². The van der Waals surface area contributed by atoms with Gasteiger partial charge in [-0.3, -0.25) is 10.1 Å². The number of benzene rings is 1. The lowest BCUT2D eigenvalue weighted by molar-refractivity contribution is -0.385. The topological polar surface area (TPSA) is 91.8 Å². The lowest BCUT2D eigenvalue weighted by atomic mass is 10.1. The monoisotopic (exact) mass is 288 g/mol. The summed E-state index contributed by atoms with van der Waals surface area (Å²) in [5, 5.41) is 25.8. The van der Waals surface area contributed by atoms with Gasteiger partial charge in [-0.25, -0.2) is 4.98 Å². The third-order valence-electron chi connectivity index (χ3n) is 2.80. The Labute approximate surface area is 119 Å². The molecule has 1 atom stereocenters. The second-order valence-corrected chi connectivity index (χ2v) is 5.18. The first-order chi connectivity index (χ1) is 9.61. The minimum absolute atomic E-state index is 0.0634. The first-order valence-corrected chi connectivity index (χ1v) is 6.81. The van der Waals surface area contributed by atoms with E-state index in [1.807, 2.05) is 18.4 Å². The van der Waals surface area contributed by atoms with Crippen molar-refractivity contribution in [1.29, 1.82) is 5.26 Å². The lowest BCUT2D eigenvalue weighted by Crippen LogP contribution is -2.09. The number of nitro benzene ring substituents is 1. The van der Waals surface area contributed by atoms with Crippen molar-refractivity contribution in [2.75, 3.05) is 11.9 Å². The van der Waals surface area contributed by atoms with E-state index in [1.165, 1.54) is 12.1 Å². The second-order valence-electron chi connectivity index (χ2n) is 4.25. The number of nitrogens with one attached hydrogen (secondary N) is 1. The standard InChI is InChI=1S/C13H12N4O2S/c1-9(13-15-4-5-20-13)8-16-11-3-2-10(7-14)12(6-11)17(18)19/h2-6,9,16H,8H2,1H3. The molecular formula is C13H12N4O2S. The highest BCUT2D eigenvalue weighted by atomic mass is 32.1. The molecule has 2 aromatic rings. The van der Waals surface area contributed by atoms with Gasteiger partial charge in [0.1, 0.15) is 11.6 Å². The Hall–Kier alpha value is -2.46. The summed E-state index contributed by atoms with van der Waals surface area (Å²) in [6.07, 6.45) is 1.75. The van der Waals surface area contributed by atoms with Crippen molar-refractivity contribution in [3.8, 4) is 6.07 Å². The molecule has 0 amide bonds. The average molecular weight is 288 g/mol. The summed E-state index contributed by atoms with van der Waals surface area (Å²) in [5.74, 6) is 0.213. The molecule has 0 saturated carbocycles. The number of hydrogen-bond acceptors (Lipinski definition) is 6. The van der Waals surface area contributed by atoms with Crippen LogP contribution < -0.4 is 5.32 Å². The molecule has 1 heterocycles. The summed E-state index contributed by atoms with van der Waals surface area (Å²) in [4.78, 5) is 14.6. The van der Waals surface area contributed by atoms with Crippen LogP contribution >= 0.6 is 11.3 Å². The molecule has 0 aliphatic heterocycles. The number of thiazole rings is 1. The Balaban J connectivity index is 2.09. The average Bonchev–Trinajstić information content (AvgIpc) is 2.98. The number of anilines is 1. The molecule has 0 aliphatic rings. The predicted octanol–water partition coefficient (Wildman–Crippen LogP) is 3.14. The van der Waals surface area contributed by atoms with E-state index in [2.05, 4.69) is 10.3 Å². The molecule has 0 spiro atoms. The highest BCUT2D eigenvalue weighted by molar-refractivity contribution is 7.09. The Morgan fingerprint density at radius 2 is 2.40 bits per heavy atom. The van der Waals surface area contributed by atoms with E-state index in [-0.39, 0.29) is 17.2 Å². The normalized spacial score (nSPS) is 11.6. The molecule has 7 heteroatoms.